The van der Waals surface area contributed by atoms with Gasteiger partial charge in [0.2, 0.25) is 5.28 Å². The van der Waals surface area contributed by atoms with Gasteiger partial charge < -0.3 is 4.57 Å². The quantitative estimate of drug-likeness (QED) is 0.618. The summed E-state index contributed by atoms with van der Waals surface area (Å²) in [4.78, 5) is 4.33. The third-order valence-electron chi connectivity index (χ3n) is 2.86. The Labute approximate surface area is 129 Å². The lowest BCUT2D eigenvalue weighted by molar-refractivity contribution is 0.826. The number of rotatable bonds is 2. The van der Waals surface area contributed by atoms with Gasteiger partial charge in [-0.1, -0.05) is 49.7 Å². The highest BCUT2D eigenvalue weighted by Crippen LogP contribution is 2.21. The number of fused-ring (bicyclic) bond motifs is 1. The van der Waals surface area contributed by atoms with Crippen molar-refractivity contribution < 1.29 is 0 Å². The summed E-state index contributed by atoms with van der Waals surface area (Å²) in [6, 6.07) is 15.7. The molecule has 0 aliphatic rings. The standard InChI is InChI=1S/C14H10Cl2N2.C2H6/c15-11-7-5-10(6-8-11)9-18-13-4-2-1-3-12(13)17-14(18)16;1-2/h1-8H,9H2;1-2H3. The van der Waals surface area contributed by atoms with Crippen LogP contribution in [0.3, 0.4) is 0 Å². The summed E-state index contributed by atoms with van der Waals surface area (Å²) in [6.07, 6.45) is 0. The molecule has 0 spiro atoms. The number of halogens is 2. The average molecular weight is 307 g/mol. The fourth-order valence-corrected chi connectivity index (χ4v) is 2.34. The number of nitrogens with zero attached hydrogens (tertiary/aromatic N) is 2. The maximum Gasteiger partial charge on any atom is 0.204 e. The zero-order valence-electron chi connectivity index (χ0n) is 11.5. The Kier molecular flexibility index (Phi) is 5.05. The largest absolute Gasteiger partial charge is 0.310 e. The van der Waals surface area contributed by atoms with Crippen molar-refractivity contribution in [1.82, 2.24) is 9.55 Å². The van der Waals surface area contributed by atoms with Gasteiger partial charge in [0.05, 0.1) is 17.6 Å². The third kappa shape index (κ3) is 3.14. The minimum absolute atomic E-state index is 0.506. The molecule has 0 aliphatic carbocycles. The molecule has 1 aromatic heterocycles. The summed E-state index contributed by atoms with van der Waals surface area (Å²) in [5.41, 5.74) is 3.10. The number of hydrogen-bond donors (Lipinski definition) is 0. The first kappa shape index (κ1) is 14.9. The molecule has 0 N–H and O–H groups in total. The predicted octanol–water partition coefficient (Wildman–Crippen LogP) is 5.42. The van der Waals surface area contributed by atoms with Crippen molar-refractivity contribution in [3.05, 3.63) is 64.4 Å². The Morgan fingerprint density at radius 1 is 0.950 bits per heavy atom. The van der Waals surface area contributed by atoms with E-state index in [2.05, 4.69) is 4.98 Å². The van der Waals surface area contributed by atoms with Gasteiger partial charge in [0.1, 0.15) is 0 Å². The van der Waals surface area contributed by atoms with E-state index in [1.807, 2.05) is 66.9 Å². The molecule has 104 valence electrons. The van der Waals surface area contributed by atoms with Crippen molar-refractivity contribution in [1.29, 1.82) is 0 Å². The second-order valence-corrected chi connectivity index (χ2v) is 4.86. The molecule has 0 fully saturated rings. The van der Waals surface area contributed by atoms with Gasteiger partial charge in [0.15, 0.2) is 0 Å². The minimum atomic E-state index is 0.506. The van der Waals surface area contributed by atoms with Crippen LogP contribution >= 0.6 is 23.2 Å². The summed E-state index contributed by atoms with van der Waals surface area (Å²) in [5.74, 6) is 0. The van der Waals surface area contributed by atoms with Crippen LogP contribution in [0.2, 0.25) is 10.3 Å². The van der Waals surface area contributed by atoms with Crippen molar-refractivity contribution in [2.75, 3.05) is 0 Å². The monoisotopic (exact) mass is 306 g/mol. The Hall–Kier alpha value is -1.51. The van der Waals surface area contributed by atoms with Crippen LogP contribution in [0.1, 0.15) is 19.4 Å². The molecule has 0 unspecified atom stereocenters. The smallest absolute Gasteiger partial charge is 0.204 e. The number of imidazole rings is 1. The molecular weight excluding hydrogens is 291 g/mol. The molecule has 0 aliphatic heterocycles. The zero-order valence-corrected chi connectivity index (χ0v) is 13.0. The molecule has 0 atom stereocenters. The Bertz CT molecular complexity index is 687. The fourth-order valence-electron chi connectivity index (χ4n) is 1.97. The first-order valence-corrected chi connectivity index (χ1v) is 7.35. The van der Waals surface area contributed by atoms with Crippen molar-refractivity contribution in [2.45, 2.75) is 20.4 Å². The van der Waals surface area contributed by atoms with E-state index in [0.717, 1.165) is 21.6 Å². The van der Waals surface area contributed by atoms with Crippen molar-refractivity contribution >= 4 is 34.2 Å². The molecule has 0 bridgehead atoms. The molecule has 0 radical (unpaired) electrons. The second kappa shape index (κ2) is 6.78. The minimum Gasteiger partial charge on any atom is -0.310 e. The molecule has 0 saturated carbocycles. The molecule has 3 rings (SSSR count). The van der Waals surface area contributed by atoms with E-state index in [1.54, 1.807) is 0 Å². The summed E-state index contributed by atoms with van der Waals surface area (Å²) in [6.45, 7) is 4.69. The van der Waals surface area contributed by atoms with E-state index in [0.29, 0.717) is 11.8 Å². The molecule has 1 heterocycles. The number of hydrogen-bond acceptors (Lipinski definition) is 1. The van der Waals surface area contributed by atoms with Crippen LogP contribution in [0.15, 0.2) is 48.5 Å². The number of para-hydroxylation sites is 2. The van der Waals surface area contributed by atoms with Gasteiger partial charge in [-0.05, 0) is 41.4 Å². The highest BCUT2D eigenvalue weighted by Gasteiger charge is 2.08. The zero-order chi connectivity index (χ0) is 14.5. The summed E-state index contributed by atoms with van der Waals surface area (Å²) in [7, 11) is 0. The second-order valence-electron chi connectivity index (χ2n) is 4.08. The molecule has 0 saturated heterocycles. The Morgan fingerprint density at radius 2 is 1.60 bits per heavy atom. The van der Waals surface area contributed by atoms with Crippen LogP contribution in [0, 0.1) is 0 Å². The summed E-state index contributed by atoms with van der Waals surface area (Å²) >= 11 is 12.0. The van der Waals surface area contributed by atoms with Crippen LogP contribution in [-0.4, -0.2) is 9.55 Å². The highest BCUT2D eigenvalue weighted by atomic mass is 35.5. The Morgan fingerprint density at radius 3 is 2.30 bits per heavy atom. The van der Waals surface area contributed by atoms with E-state index in [4.69, 9.17) is 23.2 Å². The van der Waals surface area contributed by atoms with Crippen molar-refractivity contribution in [3.8, 4) is 0 Å². The van der Waals surface area contributed by atoms with E-state index < -0.39 is 0 Å². The van der Waals surface area contributed by atoms with E-state index in [1.165, 1.54) is 0 Å². The maximum absolute atomic E-state index is 6.17. The molecule has 2 nitrogen and oxygen atoms in total. The maximum atomic E-state index is 6.17. The van der Waals surface area contributed by atoms with Gasteiger partial charge in [0, 0.05) is 5.02 Å². The molecule has 0 amide bonds. The van der Waals surface area contributed by atoms with Crippen LogP contribution in [0.25, 0.3) is 11.0 Å². The van der Waals surface area contributed by atoms with Gasteiger partial charge in [-0.15, -0.1) is 0 Å². The van der Waals surface area contributed by atoms with Gasteiger partial charge in [-0.3, -0.25) is 0 Å². The summed E-state index contributed by atoms with van der Waals surface area (Å²) < 4.78 is 1.99. The molecule has 20 heavy (non-hydrogen) atoms. The lowest BCUT2D eigenvalue weighted by Gasteiger charge is -2.06. The Balaban J connectivity index is 0.000000704. The van der Waals surface area contributed by atoms with Crippen LogP contribution in [0.4, 0.5) is 0 Å². The van der Waals surface area contributed by atoms with Crippen LogP contribution < -0.4 is 0 Å². The van der Waals surface area contributed by atoms with Crippen molar-refractivity contribution in [3.63, 3.8) is 0 Å². The molecule has 4 heteroatoms. The van der Waals surface area contributed by atoms with Gasteiger partial charge >= 0.3 is 0 Å². The van der Waals surface area contributed by atoms with E-state index in [9.17, 15) is 0 Å². The predicted molar refractivity (Wildman–Crippen MR) is 86.6 cm³/mol. The van der Waals surface area contributed by atoms with Gasteiger partial charge in [-0.25, -0.2) is 4.98 Å². The molecule has 2 aromatic carbocycles. The molecular formula is C16H16Cl2N2. The van der Waals surface area contributed by atoms with Gasteiger partial charge in [0.25, 0.3) is 0 Å². The van der Waals surface area contributed by atoms with Gasteiger partial charge in [-0.2, -0.15) is 0 Å². The van der Waals surface area contributed by atoms with Crippen LogP contribution in [-0.2, 0) is 6.54 Å². The lowest BCUT2D eigenvalue weighted by atomic mass is 10.2. The third-order valence-corrected chi connectivity index (χ3v) is 3.40. The molecule has 3 aromatic rings. The normalized spacial score (nSPS) is 10.2. The summed E-state index contributed by atoms with van der Waals surface area (Å²) in [5, 5.41) is 1.24. The van der Waals surface area contributed by atoms with E-state index >= 15 is 0 Å². The average Bonchev–Trinajstić information content (AvgIpc) is 2.80. The number of benzene rings is 2. The topological polar surface area (TPSA) is 17.8 Å². The lowest BCUT2D eigenvalue weighted by Crippen LogP contribution is -1.99. The first-order chi connectivity index (χ1) is 9.74. The fraction of sp³-hybridized carbons (Fsp3) is 0.188. The van der Waals surface area contributed by atoms with Crippen LogP contribution in [0.5, 0.6) is 0 Å². The van der Waals surface area contributed by atoms with Crippen molar-refractivity contribution in [2.24, 2.45) is 0 Å². The number of aromatic nitrogens is 2. The SMILES string of the molecule is CC.Clc1ccc(Cn2c(Cl)nc3ccccc32)cc1. The van der Waals surface area contributed by atoms with E-state index in [-0.39, 0.29) is 0 Å². The highest BCUT2D eigenvalue weighted by molar-refractivity contribution is 6.30. The first-order valence-electron chi connectivity index (χ1n) is 6.59.